The van der Waals surface area contributed by atoms with Crippen LogP contribution in [-0.4, -0.2) is 74.6 Å². The molecule has 0 saturated carbocycles. The number of nitrogens with one attached hydrogen (secondary N) is 1. The predicted molar refractivity (Wildman–Crippen MR) is 108 cm³/mol. The summed E-state index contributed by atoms with van der Waals surface area (Å²) in [6.07, 6.45) is 4.38. The average Bonchev–Trinajstić information content (AvgIpc) is 3.33. The molecule has 0 spiro atoms. The molecule has 0 aromatic carbocycles. The van der Waals surface area contributed by atoms with Gasteiger partial charge in [-0.2, -0.15) is 0 Å². The molecule has 1 aliphatic rings. The number of rotatable bonds is 5. The number of aromatic nitrogens is 4. The molecule has 2 unspecified atom stereocenters. The number of ether oxygens (including phenoxy) is 1. The number of likely N-dealkylation sites (N-methyl/N-ethyl adjacent to an activating group) is 1. The molecule has 1 fully saturated rings. The molecule has 2 amide bonds. The Kier molecular flexibility index (Phi) is 6.06. The van der Waals surface area contributed by atoms with Gasteiger partial charge in [0.25, 0.3) is 0 Å². The molecule has 0 aliphatic carbocycles. The number of nitrogens with zero attached hydrogens (tertiary/aromatic N) is 5. The first-order valence-electron chi connectivity index (χ1n) is 9.77. The van der Waals surface area contributed by atoms with Crippen molar-refractivity contribution in [3.63, 3.8) is 0 Å². The summed E-state index contributed by atoms with van der Waals surface area (Å²) in [5.41, 5.74) is 0.739. The molecule has 2 aromatic heterocycles. The lowest BCUT2D eigenvalue weighted by Gasteiger charge is -2.34. The first-order chi connectivity index (χ1) is 14.2. The Morgan fingerprint density at radius 2 is 2.07 bits per heavy atom. The molecule has 0 radical (unpaired) electrons. The number of aliphatic hydroxyl groups is 1. The fourth-order valence-corrected chi connectivity index (χ4v) is 3.72. The Bertz CT molecular complexity index is 922. The molecule has 2 aromatic rings. The second kappa shape index (κ2) is 8.39. The standard InChI is InChI=1S/C20H28N6O4/c1-20(2,3)17(19(29)25-10-13(27)7-16(25)18(28)21-4)26-11-15(23-24-26)12-6-14(30-5)9-22-8-12/h6,8-9,11,13,16-17,27H,7,10H2,1-5H3,(H,21,28)/t13?,16-,17?/m1/s1. The average molecular weight is 416 g/mol. The van der Waals surface area contributed by atoms with Crippen molar-refractivity contribution in [2.75, 3.05) is 20.7 Å². The van der Waals surface area contributed by atoms with Gasteiger partial charge in [0.15, 0.2) is 0 Å². The van der Waals surface area contributed by atoms with Crippen LogP contribution < -0.4 is 10.1 Å². The van der Waals surface area contributed by atoms with E-state index < -0.39 is 23.6 Å². The monoisotopic (exact) mass is 416 g/mol. The molecule has 2 N–H and O–H groups in total. The summed E-state index contributed by atoms with van der Waals surface area (Å²) in [5, 5.41) is 21.1. The fraction of sp³-hybridized carbons (Fsp3) is 0.550. The number of carbonyl (C=O) groups is 2. The highest BCUT2D eigenvalue weighted by Gasteiger charge is 2.45. The number of carbonyl (C=O) groups excluding carboxylic acids is 2. The largest absolute Gasteiger partial charge is 0.495 e. The van der Waals surface area contributed by atoms with E-state index in [2.05, 4.69) is 20.6 Å². The Balaban J connectivity index is 1.95. The lowest BCUT2D eigenvalue weighted by atomic mass is 9.85. The van der Waals surface area contributed by atoms with E-state index in [-0.39, 0.29) is 24.8 Å². The molecular formula is C20H28N6O4. The summed E-state index contributed by atoms with van der Waals surface area (Å²) in [5.74, 6) is 0.00660. The SMILES string of the molecule is CNC(=O)[C@H]1CC(O)CN1C(=O)C(n1cc(-c2cncc(OC)c2)nn1)C(C)(C)C. The van der Waals surface area contributed by atoms with Crippen molar-refractivity contribution in [2.24, 2.45) is 5.41 Å². The van der Waals surface area contributed by atoms with Crippen LogP contribution in [0.15, 0.2) is 24.7 Å². The zero-order valence-corrected chi connectivity index (χ0v) is 17.9. The molecule has 3 heterocycles. The number of likely N-dealkylation sites (tertiary alicyclic amines) is 1. The summed E-state index contributed by atoms with van der Waals surface area (Å²) in [4.78, 5) is 31.4. The number of β-amino-alcohol motifs (C(OH)–C–C–N with tert-alkyl or cyclic N) is 1. The third kappa shape index (κ3) is 4.28. The van der Waals surface area contributed by atoms with E-state index in [4.69, 9.17) is 4.74 Å². The molecule has 30 heavy (non-hydrogen) atoms. The van der Waals surface area contributed by atoms with Gasteiger partial charge in [-0.3, -0.25) is 14.6 Å². The number of methoxy groups -OCH3 is 1. The highest BCUT2D eigenvalue weighted by Crippen LogP contribution is 2.35. The van der Waals surface area contributed by atoms with Crippen LogP contribution in [0.3, 0.4) is 0 Å². The first kappa shape index (κ1) is 21.7. The van der Waals surface area contributed by atoms with E-state index in [1.165, 1.54) is 16.6 Å². The maximum Gasteiger partial charge on any atom is 0.248 e. The van der Waals surface area contributed by atoms with Crippen LogP contribution in [0.25, 0.3) is 11.3 Å². The lowest BCUT2D eigenvalue weighted by Crippen LogP contribution is -2.49. The quantitative estimate of drug-likeness (QED) is 0.733. The molecule has 1 saturated heterocycles. The van der Waals surface area contributed by atoms with Crippen molar-refractivity contribution in [3.8, 4) is 17.0 Å². The van der Waals surface area contributed by atoms with E-state index in [0.29, 0.717) is 17.0 Å². The van der Waals surface area contributed by atoms with Crippen molar-refractivity contribution in [1.82, 2.24) is 30.2 Å². The molecule has 10 heteroatoms. The van der Waals surface area contributed by atoms with Crippen LogP contribution in [0, 0.1) is 5.41 Å². The van der Waals surface area contributed by atoms with Crippen molar-refractivity contribution in [3.05, 3.63) is 24.7 Å². The third-order valence-electron chi connectivity index (χ3n) is 5.18. The fourth-order valence-electron chi connectivity index (χ4n) is 3.72. The van der Waals surface area contributed by atoms with Crippen LogP contribution in [0.5, 0.6) is 5.75 Å². The maximum atomic E-state index is 13.5. The van der Waals surface area contributed by atoms with Crippen LogP contribution >= 0.6 is 0 Å². The number of aliphatic hydroxyl groups excluding tert-OH is 1. The minimum absolute atomic E-state index is 0.102. The number of pyridine rings is 1. The van der Waals surface area contributed by atoms with Gasteiger partial charge in [-0.05, 0) is 11.5 Å². The Labute approximate surface area is 175 Å². The van der Waals surface area contributed by atoms with Gasteiger partial charge in [-0.15, -0.1) is 5.10 Å². The molecule has 0 bridgehead atoms. The van der Waals surface area contributed by atoms with Gasteiger partial charge in [-0.25, -0.2) is 4.68 Å². The zero-order valence-electron chi connectivity index (χ0n) is 17.9. The number of hydrogen-bond donors (Lipinski definition) is 2. The van der Waals surface area contributed by atoms with Crippen molar-refractivity contribution >= 4 is 11.8 Å². The number of hydrogen-bond acceptors (Lipinski definition) is 7. The highest BCUT2D eigenvalue weighted by molar-refractivity contribution is 5.90. The van der Waals surface area contributed by atoms with Crippen LogP contribution in [0.1, 0.15) is 33.2 Å². The molecule has 162 valence electrons. The van der Waals surface area contributed by atoms with Crippen LogP contribution in [-0.2, 0) is 9.59 Å². The zero-order chi connectivity index (χ0) is 22.1. The van der Waals surface area contributed by atoms with E-state index in [9.17, 15) is 14.7 Å². The highest BCUT2D eigenvalue weighted by atomic mass is 16.5. The lowest BCUT2D eigenvalue weighted by molar-refractivity contribution is -0.144. The predicted octanol–water partition coefficient (Wildman–Crippen LogP) is 0.644. The molecular weight excluding hydrogens is 388 g/mol. The summed E-state index contributed by atoms with van der Waals surface area (Å²) < 4.78 is 6.72. The summed E-state index contributed by atoms with van der Waals surface area (Å²) in [6.45, 7) is 5.87. The topological polar surface area (TPSA) is 122 Å². The van der Waals surface area contributed by atoms with Gasteiger partial charge in [0, 0.05) is 31.8 Å². The first-order valence-corrected chi connectivity index (χ1v) is 9.77. The minimum atomic E-state index is -0.744. The molecule has 1 aliphatic heterocycles. The normalized spacial score (nSPS) is 20.1. The Morgan fingerprint density at radius 3 is 2.70 bits per heavy atom. The second-order valence-electron chi connectivity index (χ2n) is 8.48. The van der Waals surface area contributed by atoms with Gasteiger partial charge in [0.05, 0.1) is 25.6 Å². The minimum Gasteiger partial charge on any atom is -0.495 e. The third-order valence-corrected chi connectivity index (χ3v) is 5.18. The maximum absolute atomic E-state index is 13.5. The van der Waals surface area contributed by atoms with E-state index in [1.807, 2.05) is 20.8 Å². The van der Waals surface area contributed by atoms with Gasteiger partial charge in [-0.1, -0.05) is 26.0 Å². The molecule has 10 nitrogen and oxygen atoms in total. The summed E-state index contributed by atoms with van der Waals surface area (Å²) in [6, 6.07) is 0.357. The van der Waals surface area contributed by atoms with Crippen LogP contribution in [0.4, 0.5) is 0 Å². The summed E-state index contributed by atoms with van der Waals surface area (Å²) in [7, 11) is 3.07. The Hall–Kier alpha value is -3.01. The van der Waals surface area contributed by atoms with Crippen LogP contribution in [0.2, 0.25) is 0 Å². The van der Waals surface area contributed by atoms with Gasteiger partial charge >= 0.3 is 0 Å². The Morgan fingerprint density at radius 1 is 1.33 bits per heavy atom. The van der Waals surface area contributed by atoms with Crippen molar-refractivity contribution in [1.29, 1.82) is 0 Å². The van der Waals surface area contributed by atoms with E-state index in [1.54, 1.807) is 31.8 Å². The van der Waals surface area contributed by atoms with Crippen molar-refractivity contribution < 1.29 is 19.4 Å². The van der Waals surface area contributed by atoms with Crippen molar-refractivity contribution in [2.45, 2.75) is 45.4 Å². The van der Waals surface area contributed by atoms with Gasteiger partial charge in [0.2, 0.25) is 11.8 Å². The number of amides is 2. The smallest absolute Gasteiger partial charge is 0.248 e. The second-order valence-corrected chi connectivity index (χ2v) is 8.48. The molecule has 3 atom stereocenters. The molecule has 3 rings (SSSR count). The van der Waals surface area contributed by atoms with Gasteiger partial charge in [0.1, 0.15) is 23.5 Å². The van der Waals surface area contributed by atoms with E-state index in [0.717, 1.165) is 0 Å². The van der Waals surface area contributed by atoms with E-state index >= 15 is 0 Å². The summed E-state index contributed by atoms with van der Waals surface area (Å²) >= 11 is 0. The van der Waals surface area contributed by atoms with Gasteiger partial charge < -0.3 is 20.1 Å².